The molecule has 0 saturated heterocycles. The van der Waals surface area contributed by atoms with E-state index in [2.05, 4.69) is 36.7 Å². The van der Waals surface area contributed by atoms with Crippen LogP contribution in [0.1, 0.15) is 43.6 Å². The number of rotatable bonds is 2. The summed E-state index contributed by atoms with van der Waals surface area (Å²) in [7, 11) is 0. The van der Waals surface area contributed by atoms with Crippen LogP contribution < -0.4 is 0 Å². The SMILES string of the molecule is CC(C)(C)c1ccccc1C(O)c1cc(Br)ccc1F. The van der Waals surface area contributed by atoms with E-state index in [0.717, 1.165) is 15.6 Å². The van der Waals surface area contributed by atoms with Gasteiger partial charge in [-0.3, -0.25) is 0 Å². The quantitative estimate of drug-likeness (QED) is 0.821. The molecular weight excluding hydrogens is 319 g/mol. The molecule has 0 amide bonds. The minimum Gasteiger partial charge on any atom is -0.384 e. The van der Waals surface area contributed by atoms with Gasteiger partial charge in [0.2, 0.25) is 0 Å². The van der Waals surface area contributed by atoms with Crippen LogP contribution in [0.25, 0.3) is 0 Å². The molecule has 106 valence electrons. The largest absolute Gasteiger partial charge is 0.384 e. The maximum atomic E-state index is 14.0. The van der Waals surface area contributed by atoms with Crippen molar-refractivity contribution in [2.24, 2.45) is 0 Å². The number of hydrogen-bond donors (Lipinski definition) is 1. The first kappa shape index (κ1) is 15.2. The number of benzene rings is 2. The smallest absolute Gasteiger partial charge is 0.129 e. The second-order valence-electron chi connectivity index (χ2n) is 5.91. The summed E-state index contributed by atoms with van der Waals surface area (Å²) in [6.45, 7) is 6.24. The van der Waals surface area contributed by atoms with Gasteiger partial charge in [-0.15, -0.1) is 0 Å². The highest BCUT2D eigenvalue weighted by Gasteiger charge is 2.23. The Hall–Kier alpha value is -1.19. The summed E-state index contributed by atoms with van der Waals surface area (Å²) in [5.74, 6) is -0.399. The molecule has 20 heavy (non-hydrogen) atoms. The van der Waals surface area contributed by atoms with Crippen LogP contribution in [-0.2, 0) is 5.41 Å². The monoisotopic (exact) mass is 336 g/mol. The lowest BCUT2D eigenvalue weighted by Crippen LogP contribution is -2.17. The standard InChI is InChI=1S/C17H18BrFO/c1-17(2,3)14-7-5-4-6-12(14)16(20)13-10-11(18)8-9-15(13)19/h4-10,16,20H,1-3H3. The molecule has 2 aromatic rings. The molecule has 0 spiro atoms. The Balaban J connectivity index is 2.54. The van der Waals surface area contributed by atoms with Crippen molar-refractivity contribution in [1.29, 1.82) is 0 Å². The van der Waals surface area contributed by atoms with Crippen LogP contribution in [0.2, 0.25) is 0 Å². The molecular formula is C17H18BrFO. The van der Waals surface area contributed by atoms with Crippen LogP contribution in [0.5, 0.6) is 0 Å². The summed E-state index contributed by atoms with van der Waals surface area (Å²) in [5.41, 5.74) is 1.94. The third-order valence-corrected chi connectivity index (χ3v) is 3.81. The Bertz CT molecular complexity index is 617. The van der Waals surface area contributed by atoms with Gasteiger partial charge < -0.3 is 5.11 Å². The Kier molecular flexibility index (Phi) is 4.31. The Morgan fingerprint density at radius 3 is 2.35 bits per heavy atom. The number of hydrogen-bond acceptors (Lipinski definition) is 1. The molecule has 1 unspecified atom stereocenters. The second-order valence-corrected chi connectivity index (χ2v) is 6.82. The number of halogens is 2. The van der Waals surface area contributed by atoms with Gasteiger partial charge in [-0.1, -0.05) is 61.0 Å². The molecule has 0 heterocycles. The molecule has 1 nitrogen and oxygen atoms in total. The molecule has 1 N–H and O–H groups in total. The van der Waals surface area contributed by atoms with E-state index >= 15 is 0 Å². The van der Waals surface area contributed by atoms with E-state index in [4.69, 9.17) is 0 Å². The van der Waals surface area contributed by atoms with E-state index < -0.39 is 11.9 Å². The number of aliphatic hydroxyl groups excluding tert-OH is 1. The summed E-state index contributed by atoms with van der Waals surface area (Å²) < 4.78 is 14.7. The first-order chi connectivity index (χ1) is 9.30. The molecule has 0 saturated carbocycles. The van der Waals surface area contributed by atoms with E-state index in [-0.39, 0.29) is 11.0 Å². The molecule has 1 atom stereocenters. The van der Waals surface area contributed by atoms with Gasteiger partial charge in [0.05, 0.1) is 0 Å². The van der Waals surface area contributed by atoms with Crippen molar-refractivity contribution in [3.05, 3.63) is 69.4 Å². The Morgan fingerprint density at radius 1 is 1.05 bits per heavy atom. The highest BCUT2D eigenvalue weighted by atomic mass is 79.9. The van der Waals surface area contributed by atoms with Crippen molar-refractivity contribution in [2.45, 2.75) is 32.3 Å². The molecule has 0 bridgehead atoms. The summed E-state index contributed by atoms with van der Waals surface area (Å²) in [4.78, 5) is 0. The minimum atomic E-state index is -0.970. The van der Waals surface area contributed by atoms with Gasteiger partial charge in [0, 0.05) is 10.0 Å². The van der Waals surface area contributed by atoms with Crippen molar-refractivity contribution in [3.63, 3.8) is 0 Å². The predicted molar refractivity (Wildman–Crippen MR) is 83.3 cm³/mol. The lowest BCUT2D eigenvalue weighted by Gasteiger charge is -2.25. The molecule has 3 heteroatoms. The zero-order valence-electron chi connectivity index (χ0n) is 11.8. The zero-order valence-corrected chi connectivity index (χ0v) is 13.4. The summed E-state index contributed by atoms with van der Waals surface area (Å²) in [6, 6.07) is 12.3. The van der Waals surface area contributed by atoms with Gasteiger partial charge in [-0.05, 0) is 34.7 Å². The van der Waals surface area contributed by atoms with Gasteiger partial charge in [0.25, 0.3) is 0 Å². The third-order valence-electron chi connectivity index (χ3n) is 3.32. The lowest BCUT2D eigenvalue weighted by molar-refractivity contribution is 0.212. The normalized spacial score (nSPS) is 13.3. The minimum absolute atomic E-state index is 0.111. The first-order valence-electron chi connectivity index (χ1n) is 6.53. The molecule has 2 rings (SSSR count). The van der Waals surface area contributed by atoms with Crippen LogP contribution in [0.3, 0.4) is 0 Å². The number of aliphatic hydroxyl groups is 1. The summed E-state index contributed by atoms with van der Waals surface area (Å²) >= 11 is 3.32. The zero-order chi connectivity index (χ0) is 14.9. The second kappa shape index (κ2) is 5.66. The van der Waals surface area contributed by atoms with Gasteiger partial charge in [0.15, 0.2) is 0 Å². The van der Waals surface area contributed by atoms with E-state index in [0.29, 0.717) is 0 Å². The molecule has 0 aliphatic heterocycles. The topological polar surface area (TPSA) is 20.2 Å². The van der Waals surface area contributed by atoms with Crippen molar-refractivity contribution in [1.82, 2.24) is 0 Å². The molecule has 0 fully saturated rings. The van der Waals surface area contributed by atoms with E-state index in [1.165, 1.54) is 6.07 Å². The average Bonchev–Trinajstić information content (AvgIpc) is 2.40. The summed E-state index contributed by atoms with van der Waals surface area (Å²) in [6.07, 6.45) is -0.970. The maximum Gasteiger partial charge on any atom is 0.129 e. The average molecular weight is 337 g/mol. The molecule has 0 aliphatic carbocycles. The highest BCUT2D eigenvalue weighted by molar-refractivity contribution is 9.10. The van der Waals surface area contributed by atoms with Crippen LogP contribution >= 0.6 is 15.9 Å². The molecule has 0 radical (unpaired) electrons. The van der Waals surface area contributed by atoms with Crippen molar-refractivity contribution >= 4 is 15.9 Å². The van der Waals surface area contributed by atoms with Gasteiger partial charge in [-0.25, -0.2) is 4.39 Å². The first-order valence-corrected chi connectivity index (χ1v) is 7.32. The Morgan fingerprint density at radius 2 is 1.70 bits per heavy atom. The summed E-state index contributed by atoms with van der Waals surface area (Å²) in [5, 5.41) is 10.6. The van der Waals surface area contributed by atoms with Crippen molar-refractivity contribution in [3.8, 4) is 0 Å². The highest BCUT2D eigenvalue weighted by Crippen LogP contribution is 2.34. The van der Waals surface area contributed by atoms with Crippen LogP contribution in [0.4, 0.5) is 4.39 Å². The van der Waals surface area contributed by atoms with Crippen LogP contribution in [0.15, 0.2) is 46.9 Å². The predicted octanol–water partition coefficient (Wildman–Crippen LogP) is 4.97. The molecule has 0 aromatic heterocycles. The van der Waals surface area contributed by atoms with Crippen molar-refractivity contribution < 1.29 is 9.50 Å². The fourth-order valence-corrected chi connectivity index (χ4v) is 2.69. The van der Waals surface area contributed by atoms with E-state index in [1.807, 2.05) is 24.3 Å². The van der Waals surface area contributed by atoms with Crippen LogP contribution in [0, 0.1) is 5.82 Å². The van der Waals surface area contributed by atoms with Crippen molar-refractivity contribution in [2.75, 3.05) is 0 Å². The fraction of sp³-hybridized carbons (Fsp3) is 0.294. The molecule has 2 aromatic carbocycles. The van der Waals surface area contributed by atoms with E-state index in [1.54, 1.807) is 12.1 Å². The molecule has 0 aliphatic rings. The van der Waals surface area contributed by atoms with Crippen LogP contribution in [-0.4, -0.2) is 5.11 Å². The third kappa shape index (κ3) is 3.10. The maximum absolute atomic E-state index is 14.0. The fourth-order valence-electron chi connectivity index (χ4n) is 2.31. The Labute approximate surface area is 127 Å². The van der Waals surface area contributed by atoms with E-state index in [9.17, 15) is 9.50 Å². The van der Waals surface area contributed by atoms with Gasteiger partial charge in [0.1, 0.15) is 11.9 Å². The van der Waals surface area contributed by atoms with Gasteiger partial charge >= 0.3 is 0 Å². The lowest BCUT2D eigenvalue weighted by atomic mass is 9.81. The van der Waals surface area contributed by atoms with Gasteiger partial charge in [-0.2, -0.15) is 0 Å².